The Hall–Kier alpha value is 0. The third-order valence-electron chi connectivity index (χ3n) is 4.25. The molecular formula is C15H30IN3. The van der Waals surface area contributed by atoms with Gasteiger partial charge in [0.1, 0.15) is 0 Å². The number of hydrogen-bond acceptors (Lipinski definition) is 1. The van der Waals surface area contributed by atoms with Crippen LogP contribution < -0.4 is 10.6 Å². The molecule has 0 aromatic carbocycles. The smallest absolute Gasteiger partial charge is 0.191 e. The predicted octanol–water partition coefficient (Wildman–Crippen LogP) is 3.54. The topological polar surface area (TPSA) is 36.4 Å². The fourth-order valence-corrected chi connectivity index (χ4v) is 3.18. The third kappa shape index (κ3) is 5.48. The van der Waals surface area contributed by atoms with Gasteiger partial charge in [0, 0.05) is 19.1 Å². The van der Waals surface area contributed by atoms with E-state index in [4.69, 9.17) is 0 Å². The molecule has 0 aromatic heterocycles. The van der Waals surface area contributed by atoms with Gasteiger partial charge in [-0.05, 0) is 31.6 Å². The lowest BCUT2D eigenvalue weighted by molar-refractivity contribution is 0.315. The average molecular weight is 379 g/mol. The summed E-state index contributed by atoms with van der Waals surface area (Å²) in [4.78, 5) is 4.59. The van der Waals surface area contributed by atoms with E-state index in [1.807, 2.05) is 0 Å². The van der Waals surface area contributed by atoms with Crippen LogP contribution in [0.1, 0.15) is 58.8 Å². The van der Waals surface area contributed by atoms with Crippen molar-refractivity contribution in [1.29, 1.82) is 0 Å². The van der Waals surface area contributed by atoms with E-state index in [0.29, 0.717) is 6.04 Å². The van der Waals surface area contributed by atoms with Crippen LogP contribution in [0.25, 0.3) is 0 Å². The summed E-state index contributed by atoms with van der Waals surface area (Å²) in [6.07, 6.45) is 9.78. The number of hydrogen-bond donors (Lipinski definition) is 2. The lowest BCUT2D eigenvalue weighted by Crippen LogP contribution is -2.39. The molecule has 0 amide bonds. The van der Waals surface area contributed by atoms with Crippen LogP contribution in [0.4, 0.5) is 0 Å². The summed E-state index contributed by atoms with van der Waals surface area (Å²) in [5.74, 6) is 2.95. The number of nitrogens with one attached hydrogen (secondary N) is 2. The quantitative estimate of drug-likeness (QED) is 0.436. The molecule has 2 atom stereocenters. The van der Waals surface area contributed by atoms with Crippen molar-refractivity contribution in [3.05, 3.63) is 0 Å². The maximum atomic E-state index is 4.59. The summed E-state index contributed by atoms with van der Waals surface area (Å²) in [6.45, 7) is 6.19. The van der Waals surface area contributed by atoms with E-state index in [-0.39, 0.29) is 24.0 Å². The van der Waals surface area contributed by atoms with Gasteiger partial charge in [0.25, 0.3) is 0 Å². The van der Waals surface area contributed by atoms with Crippen molar-refractivity contribution >= 4 is 29.9 Å². The van der Waals surface area contributed by atoms with Crippen molar-refractivity contribution in [2.75, 3.05) is 13.1 Å². The third-order valence-corrected chi connectivity index (χ3v) is 4.25. The first-order chi connectivity index (χ1) is 8.85. The molecule has 0 heterocycles. The lowest BCUT2D eigenvalue weighted by atomic mass is 9.85. The number of aliphatic imine (C=N–C) groups is 1. The molecule has 2 aliphatic rings. The Morgan fingerprint density at radius 2 is 1.89 bits per heavy atom. The van der Waals surface area contributed by atoms with Crippen LogP contribution in [0.2, 0.25) is 0 Å². The second kappa shape index (κ2) is 9.03. The largest absolute Gasteiger partial charge is 0.357 e. The summed E-state index contributed by atoms with van der Waals surface area (Å²) in [7, 11) is 0. The van der Waals surface area contributed by atoms with E-state index in [1.165, 1.54) is 38.5 Å². The standard InChI is InChI=1S/C15H29N3.HI/c1-3-10-17-15(16-4-2)18-14-11-13(14)12-8-6-5-7-9-12;/h12-14H,3-11H2,1-2H3,(H2,16,17,18);1H. The Morgan fingerprint density at radius 1 is 1.16 bits per heavy atom. The number of nitrogens with zero attached hydrogens (tertiary/aromatic N) is 1. The van der Waals surface area contributed by atoms with Gasteiger partial charge < -0.3 is 10.6 Å². The van der Waals surface area contributed by atoms with Crippen molar-refractivity contribution in [1.82, 2.24) is 10.6 Å². The van der Waals surface area contributed by atoms with Gasteiger partial charge in [-0.15, -0.1) is 24.0 Å². The second-order valence-corrected chi connectivity index (χ2v) is 5.81. The van der Waals surface area contributed by atoms with Gasteiger partial charge in [0.05, 0.1) is 0 Å². The molecule has 19 heavy (non-hydrogen) atoms. The highest BCUT2D eigenvalue weighted by Gasteiger charge is 2.43. The first kappa shape index (κ1) is 17.1. The van der Waals surface area contributed by atoms with Crippen LogP contribution in [-0.4, -0.2) is 25.1 Å². The van der Waals surface area contributed by atoms with E-state index in [1.54, 1.807) is 0 Å². The summed E-state index contributed by atoms with van der Waals surface area (Å²) in [5, 5.41) is 6.96. The van der Waals surface area contributed by atoms with Gasteiger partial charge in [0.15, 0.2) is 5.96 Å². The molecule has 0 bridgehead atoms. The van der Waals surface area contributed by atoms with Gasteiger partial charge in [-0.25, -0.2) is 0 Å². The second-order valence-electron chi connectivity index (χ2n) is 5.81. The molecule has 0 aromatic rings. The maximum Gasteiger partial charge on any atom is 0.191 e. The van der Waals surface area contributed by atoms with E-state index < -0.39 is 0 Å². The van der Waals surface area contributed by atoms with Crippen LogP contribution in [0.15, 0.2) is 4.99 Å². The summed E-state index contributed by atoms with van der Waals surface area (Å²) >= 11 is 0. The van der Waals surface area contributed by atoms with Crippen molar-refractivity contribution in [2.24, 2.45) is 16.8 Å². The van der Waals surface area contributed by atoms with E-state index in [2.05, 4.69) is 29.5 Å². The summed E-state index contributed by atoms with van der Waals surface area (Å²) in [5.41, 5.74) is 0. The highest BCUT2D eigenvalue weighted by atomic mass is 127. The van der Waals surface area contributed by atoms with E-state index in [9.17, 15) is 0 Å². The molecular weight excluding hydrogens is 349 g/mol. The molecule has 112 valence electrons. The zero-order valence-electron chi connectivity index (χ0n) is 12.5. The summed E-state index contributed by atoms with van der Waals surface area (Å²) in [6, 6.07) is 0.697. The first-order valence-corrected chi connectivity index (χ1v) is 7.90. The van der Waals surface area contributed by atoms with Crippen molar-refractivity contribution < 1.29 is 0 Å². The van der Waals surface area contributed by atoms with E-state index in [0.717, 1.165) is 37.3 Å². The Bertz CT molecular complexity index is 275. The molecule has 2 fully saturated rings. The van der Waals surface area contributed by atoms with Crippen molar-refractivity contribution in [3.63, 3.8) is 0 Å². The minimum Gasteiger partial charge on any atom is -0.357 e. The Kier molecular flexibility index (Phi) is 8.11. The Balaban J connectivity index is 0.00000180. The van der Waals surface area contributed by atoms with Gasteiger partial charge in [-0.3, -0.25) is 4.99 Å². The SMILES string of the molecule is CCCN=C(NCC)NC1CC1C1CCCCC1.I. The molecule has 0 aliphatic heterocycles. The zero-order valence-corrected chi connectivity index (χ0v) is 14.8. The highest BCUT2D eigenvalue weighted by Crippen LogP contribution is 2.44. The minimum absolute atomic E-state index is 0. The maximum absolute atomic E-state index is 4.59. The van der Waals surface area contributed by atoms with Crippen LogP contribution in [0, 0.1) is 11.8 Å². The molecule has 3 nitrogen and oxygen atoms in total. The summed E-state index contributed by atoms with van der Waals surface area (Å²) < 4.78 is 0. The van der Waals surface area contributed by atoms with Crippen LogP contribution in [0.3, 0.4) is 0 Å². The van der Waals surface area contributed by atoms with Gasteiger partial charge in [-0.1, -0.05) is 39.0 Å². The number of guanidine groups is 1. The van der Waals surface area contributed by atoms with Crippen molar-refractivity contribution in [2.45, 2.75) is 64.8 Å². The van der Waals surface area contributed by atoms with Crippen LogP contribution in [-0.2, 0) is 0 Å². The number of rotatable bonds is 5. The van der Waals surface area contributed by atoms with Gasteiger partial charge >= 0.3 is 0 Å². The fourth-order valence-electron chi connectivity index (χ4n) is 3.18. The molecule has 4 heteroatoms. The molecule has 2 N–H and O–H groups in total. The molecule has 2 aliphatic carbocycles. The Morgan fingerprint density at radius 3 is 2.53 bits per heavy atom. The van der Waals surface area contributed by atoms with Crippen LogP contribution in [0.5, 0.6) is 0 Å². The molecule has 2 rings (SSSR count). The fraction of sp³-hybridized carbons (Fsp3) is 0.933. The predicted molar refractivity (Wildman–Crippen MR) is 93.3 cm³/mol. The Labute approximate surface area is 135 Å². The molecule has 0 radical (unpaired) electrons. The van der Waals surface area contributed by atoms with E-state index >= 15 is 0 Å². The monoisotopic (exact) mass is 379 g/mol. The molecule has 2 saturated carbocycles. The van der Waals surface area contributed by atoms with Gasteiger partial charge in [0.2, 0.25) is 0 Å². The minimum atomic E-state index is 0. The molecule has 2 unspecified atom stereocenters. The highest BCUT2D eigenvalue weighted by molar-refractivity contribution is 14.0. The zero-order chi connectivity index (χ0) is 12.8. The normalized spacial score (nSPS) is 27.6. The molecule has 0 spiro atoms. The van der Waals surface area contributed by atoms with Crippen LogP contribution >= 0.6 is 24.0 Å². The number of halogens is 1. The van der Waals surface area contributed by atoms with Crippen molar-refractivity contribution in [3.8, 4) is 0 Å². The molecule has 0 saturated heterocycles. The lowest BCUT2D eigenvalue weighted by Gasteiger charge is -2.22. The first-order valence-electron chi connectivity index (χ1n) is 7.90. The van der Waals surface area contributed by atoms with Gasteiger partial charge in [-0.2, -0.15) is 0 Å². The average Bonchev–Trinajstić information content (AvgIpc) is 3.16.